The highest BCUT2D eigenvalue weighted by molar-refractivity contribution is 9.10. The summed E-state index contributed by atoms with van der Waals surface area (Å²) in [6.07, 6.45) is 0. The van der Waals surface area contributed by atoms with Crippen LogP contribution in [0.3, 0.4) is 0 Å². The van der Waals surface area contributed by atoms with E-state index in [-0.39, 0.29) is 6.04 Å². The first kappa shape index (κ1) is 13.6. The predicted molar refractivity (Wildman–Crippen MR) is 81.1 cm³/mol. The Morgan fingerprint density at radius 2 is 1.67 bits per heavy atom. The summed E-state index contributed by atoms with van der Waals surface area (Å²) in [7, 11) is 0. The molecule has 0 spiro atoms. The normalized spacial score (nSPS) is 12.5. The van der Waals surface area contributed by atoms with Crippen molar-refractivity contribution in [2.45, 2.75) is 19.9 Å². The van der Waals surface area contributed by atoms with Gasteiger partial charge in [0.2, 0.25) is 0 Å². The molecular weight excluding hydrogens is 310 g/mol. The lowest BCUT2D eigenvalue weighted by Gasteiger charge is -2.17. The molecule has 0 bridgehead atoms. The summed E-state index contributed by atoms with van der Waals surface area (Å²) in [6, 6.07) is 11.8. The van der Waals surface area contributed by atoms with Gasteiger partial charge in [-0.15, -0.1) is 0 Å². The van der Waals surface area contributed by atoms with E-state index >= 15 is 0 Å². The number of halogens is 2. The molecule has 3 heteroatoms. The number of aryl methyl sites for hydroxylation is 2. The van der Waals surface area contributed by atoms with Crippen LogP contribution < -0.4 is 5.73 Å². The third-order valence-electron chi connectivity index (χ3n) is 3.19. The monoisotopic (exact) mass is 323 g/mol. The van der Waals surface area contributed by atoms with Gasteiger partial charge in [0.25, 0.3) is 0 Å². The minimum atomic E-state index is -0.215. The van der Waals surface area contributed by atoms with Crippen LogP contribution in [0.2, 0.25) is 5.02 Å². The molecule has 1 nitrogen and oxygen atoms in total. The maximum Gasteiger partial charge on any atom is 0.0577 e. The van der Waals surface area contributed by atoms with Crippen molar-refractivity contribution in [3.05, 3.63) is 68.1 Å². The van der Waals surface area contributed by atoms with Gasteiger partial charge in [-0.2, -0.15) is 0 Å². The average Bonchev–Trinajstić information content (AvgIpc) is 2.33. The SMILES string of the molecule is Cc1cc(Cl)c(C(N)c2ccccc2Br)cc1C. The summed E-state index contributed by atoms with van der Waals surface area (Å²) in [5.41, 5.74) is 10.7. The Bertz CT molecular complexity index is 581. The lowest BCUT2D eigenvalue weighted by atomic mass is 9.96. The molecule has 18 heavy (non-hydrogen) atoms. The highest BCUT2D eigenvalue weighted by atomic mass is 79.9. The van der Waals surface area contributed by atoms with Crippen LogP contribution in [-0.2, 0) is 0 Å². The van der Waals surface area contributed by atoms with Crippen molar-refractivity contribution in [1.29, 1.82) is 0 Å². The Balaban J connectivity index is 2.50. The first-order chi connectivity index (χ1) is 8.50. The van der Waals surface area contributed by atoms with Crippen LogP contribution in [-0.4, -0.2) is 0 Å². The standard InChI is InChI=1S/C15H15BrClN/c1-9-7-12(14(17)8-10(9)2)15(18)11-5-3-4-6-13(11)16/h3-8,15H,18H2,1-2H3. The maximum atomic E-state index is 6.32. The zero-order valence-electron chi connectivity index (χ0n) is 10.4. The smallest absolute Gasteiger partial charge is 0.0577 e. The van der Waals surface area contributed by atoms with Gasteiger partial charge in [0.15, 0.2) is 0 Å². The Kier molecular flexibility index (Phi) is 4.10. The van der Waals surface area contributed by atoms with Gasteiger partial charge in [0.05, 0.1) is 6.04 Å². The Labute approximate surface area is 121 Å². The fraction of sp³-hybridized carbons (Fsp3) is 0.200. The first-order valence-corrected chi connectivity index (χ1v) is 6.94. The van der Waals surface area contributed by atoms with Gasteiger partial charge in [-0.3, -0.25) is 0 Å². The van der Waals surface area contributed by atoms with Crippen LogP contribution in [0.5, 0.6) is 0 Å². The van der Waals surface area contributed by atoms with Crippen LogP contribution >= 0.6 is 27.5 Å². The van der Waals surface area contributed by atoms with E-state index < -0.39 is 0 Å². The van der Waals surface area contributed by atoms with Crippen LogP contribution in [0.25, 0.3) is 0 Å². The fourth-order valence-corrected chi connectivity index (χ4v) is 2.80. The van der Waals surface area contributed by atoms with Gasteiger partial charge < -0.3 is 5.73 Å². The summed E-state index contributed by atoms with van der Waals surface area (Å²) in [5, 5.41) is 0.723. The van der Waals surface area contributed by atoms with E-state index in [0.29, 0.717) is 0 Å². The number of nitrogens with two attached hydrogens (primary N) is 1. The zero-order chi connectivity index (χ0) is 13.3. The van der Waals surface area contributed by atoms with Gasteiger partial charge in [-0.1, -0.05) is 51.8 Å². The second-order valence-electron chi connectivity index (χ2n) is 4.46. The van der Waals surface area contributed by atoms with Crippen LogP contribution in [0.1, 0.15) is 28.3 Å². The summed E-state index contributed by atoms with van der Waals surface area (Å²) < 4.78 is 1.01. The fourth-order valence-electron chi connectivity index (χ4n) is 1.94. The molecule has 2 aromatic carbocycles. The van der Waals surface area contributed by atoms with Crippen molar-refractivity contribution in [1.82, 2.24) is 0 Å². The first-order valence-electron chi connectivity index (χ1n) is 5.77. The summed E-state index contributed by atoms with van der Waals surface area (Å²) >= 11 is 9.83. The molecule has 1 atom stereocenters. The molecule has 0 radical (unpaired) electrons. The predicted octanol–water partition coefficient (Wildman–Crippen LogP) is 4.77. The van der Waals surface area contributed by atoms with Gasteiger partial charge in [0, 0.05) is 9.50 Å². The van der Waals surface area contributed by atoms with Gasteiger partial charge in [-0.25, -0.2) is 0 Å². The molecule has 2 N–H and O–H groups in total. The summed E-state index contributed by atoms with van der Waals surface area (Å²) in [6.45, 7) is 4.12. The molecule has 2 aromatic rings. The van der Waals surface area contributed by atoms with Crippen molar-refractivity contribution < 1.29 is 0 Å². The molecule has 0 saturated carbocycles. The zero-order valence-corrected chi connectivity index (χ0v) is 12.7. The van der Waals surface area contributed by atoms with E-state index in [9.17, 15) is 0 Å². The average molecular weight is 325 g/mol. The van der Waals surface area contributed by atoms with Crippen molar-refractivity contribution in [2.75, 3.05) is 0 Å². The number of rotatable bonds is 2. The van der Waals surface area contributed by atoms with Gasteiger partial charge in [-0.05, 0) is 48.2 Å². The highest BCUT2D eigenvalue weighted by Crippen LogP contribution is 2.32. The van der Waals surface area contributed by atoms with Crippen molar-refractivity contribution in [3.8, 4) is 0 Å². The largest absolute Gasteiger partial charge is 0.320 e. The number of benzene rings is 2. The molecular formula is C15H15BrClN. The lowest BCUT2D eigenvalue weighted by molar-refractivity contribution is 0.863. The molecule has 0 heterocycles. The number of hydrogen-bond acceptors (Lipinski definition) is 1. The quantitative estimate of drug-likeness (QED) is 0.846. The van der Waals surface area contributed by atoms with E-state index in [1.807, 2.05) is 30.3 Å². The van der Waals surface area contributed by atoms with E-state index in [1.165, 1.54) is 11.1 Å². The molecule has 0 aromatic heterocycles. The van der Waals surface area contributed by atoms with Gasteiger partial charge in [0.1, 0.15) is 0 Å². The summed E-state index contributed by atoms with van der Waals surface area (Å²) in [5.74, 6) is 0. The summed E-state index contributed by atoms with van der Waals surface area (Å²) in [4.78, 5) is 0. The third-order valence-corrected chi connectivity index (χ3v) is 4.24. The third kappa shape index (κ3) is 2.61. The van der Waals surface area contributed by atoms with E-state index in [0.717, 1.165) is 20.6 Å². The Morgan fingerprint density at radius 3 is 2.33 bits per heavy atom. The minimum absolute atomic E-state index is 0.215. The van der Waals surface area contributed by atoms with E-state index in [2.05, 4.69) is 35.8 Å². The highest BCUT2D eigenvalue weighted by Gasteiger charge is 2.15. The maximum absolute atomic E-state index is 6.32. The molecule has 0 aliphatic carbocycles. The topological polar surface area (TPSA) is 26.0 Å². The van der Waals surface area contributed by atoms with E-state index in [1.54, 1.807) is 0 Å². The molecule has 0 saturated heterocycles. The molecule has 94 valence electrons. The number of hydrogen-bond donors (Lipinski definition) is 1. The molecule has 0 fully saturated rings. The second-order valence-corrected chi connectivity index (χ2v) is 5.72. The molecule has 0 amide bonds. The molecule has 0 aliphatic rings. The lowest BCUT2D eigenvalue weighted by Crippen LogP contribution is -2.13. The van der Waals surface area contributed by atoms with Crippen LogP contribution in [0, 0.1) is 13.8 Å². The van der Waals surface area contributed by atoms with Crippen LogP contribution in [0.15, 0.2) is 40.9 Å². The van der Waals surface area contributed by atoms with Crippen molar-refractivity contribution >= 4 is 27.5 Å². The molecule has 0 aliphatic heterocycles. The van der Waals surface area contributed by atoms with E-state index in [4.69, 9.17) is 17.3 Å². The second kappa shape index (κ2) is 5.43. The van der Waals surface area contributed by atoms with Crippen molar-refractivity contribution in [3.63, 3.8) is 0 Å². The Morgan fingerprint density at radius 1 is 1.06 bits per heavy atom. The van der Waals surface area contributed by atoms with Crippen LogP contribution in [0.4, 0.5) is 0 Å². The minimum Gasteiger partial charge on any atom is -0.320 e. The molecule has 1 unspecified atom stereocenters. The Hall–Kier alpha value is -0.830. The molecule has 2 rings (SSSR count). The van der Waals surface area contributed by atoms with Crippen molar-refractivity contribution in [2.24, 2.45) is 5.73 Å². The van der Waals surface area contributed by atoms with Gasteiger partial charge >= 0.3 is 0 Å².